The zero-order valence-corrected chi connectivity index (χ0v) is 17.4. The van der Waals surface area contributed by atoms with Crippen LogP contribution in [0.4, 0.5) is 0 Å². The Morgan fingerprint density at radius 2 is 1.96 bits per heavy atom. The number of aliphatic imine (C=N–C) groups is 1. The molecule has 132 valence electrons. The summed E-state index contributed by atoms with van der Waals surface area (Å²) >= 11 is 0. The van der Waals surface area contributed by atoms with Gasteiger partial charge in [0.25, 0.3) is 0 Å². The fraction of sp³-hybridized carbons (Fsp3) is 0.647. The van der Waals surface area contributed by atoms with E-state index in [2.05, 4.69) is 34.5 Å². The van der Waals surface area contributed by atoms with Crippen LogP contribution in [0, 0.1) is 13.8 Å². The van der Waals surface area contributed by atoms with Gasteiger partial charge < -0.3 is 15.4 Å². The number of nitrogens with zero attached hydrogens (tertiary/aromatic N) is 2. The molecule has 0 amide bonds. The van der Waals surface area contributed by atoms with E-state index in [0.717, 1.165) is 48.0 Å². The van der Waals surface area contributed by atoms with Crippen LogP contribution in [-0.4, -0.2) is 31.1 Å². The highest BCUT2D eigenvalue weighted by molar-refractivity contribution is 14.0. The number of unbranched alkanes of at least 4 members (excludes halogenated alkanes) is 2. The predicted octanol–water partition coefficient (Wildman–Crippen LogP) is 3.57. The van der Waals surface area contributed by atoms with E-state index in [1.807, 2.05) is 20.0 Å². The van der Waals surface area contributed by atoms with E-state index >= 15 is 0 Å². The highest BCUT2D eigenvalue weighted by atomic mass is 127. The molecule has 2 N–H and O–H groups in total. The summed E-state index contributed by atoms with van der Waals surface area (Å²) in [6.45, 7) is 10.7. The summed E-state index contributed by atoms with van der Waals surface area (Å²) in [5, 5.41) is 6.63. The van der Waals surface area contributed by atoms with Crippen LogP contribution in [0.5, 0.6) is 5.75 Å². The summed E-state index contributed by atoms with van der Waals surface area (Å²) in [5.74, 6) is 1.75. The van der Waals surface area contributed by atoms with E-state index in [-0.39, 0.29) is 24.0 Å². The molecule has 6 heteroatoms. The van der Waals surface area contributed by atoms with E-state index in [1.165, 1.54) is 12.8 Å². The lowest BCUT2D eigenvalue weighted by atomic mass is 10.1. The van der Waals surface area contributed by atoms with Gasteiger partial charge in [-0.2, -0.15) is 0 Å². The number of rotatable bonds is 8. The van der Waals surface area contributed by atoms with Crippen LogP contribution >= 0.6 is 24.0 Å². The highest BCUT2D eigenvalue weighted by Crippen LogP contribution is 2.24. The fourth-order valence-electron chi connectivity index (χ4n) is 2.31. The molecule has 23 heavy (non-hydrogen) atoms. The standard InChI is InChI=1S/C17H30N4O.HI/c1-6-8-9-10-19-17(18-7-2)21-12-15-14(4)16(22-5)13(3)11-20-15;/h11H,6-10,12H2,1-5H3,(H2,18,19,21);1H. The summed E-state index contributed by atoms with van der Waals surface area (Å²) in [7, 11) is 1.70. The summed E-state index contributed by atoms with van der Waals surface area (Å²) in [6, 6.07) is 0. The first-order valence-corrected chi connectivity index (χ1v) is 8.15. The number of hydrogen-bond donors (Lipinski definition) is 2. The molecule has 0 atom stereocenters. The quantitative estimate of drug-likeness (QED) is 0.284. The average molecular weight is 434 g/mol. The minimum Gasteiger partial charge on any atom is -0.496 e. The minimum absolute atomic E-state index is 0. The molecule has 0 aromatic carbocycles. The number of halogens is 1. The molecule has 0 spiro atoms. The first kappa shape index (κ1) is 21.9. The van der Waals surface area contributed by atoms with Crippen molar-refractivity contribution in [2.45, 2.75) is 53.5 Å². The largest absolute Gasteiger partial charge is 0.496 e. The first-order valence-electron chi connectivity index (χ1n) is 8.15. The van der Waals surface area contributed by atoms with Crippen molar-refractivity contribution in [3.05, 3.63) is 23.0 Å². The van der Waals surface area contributed by atoms with Gasteiger partial charge in [0.05, 0.1) is 19.3 Å². The summed E-state index contributed by atoms with van der Waals surface area (Å²) in [6.07, 6.45) is 5.47. The second kappa shape index (κ2) is 12.4. The van der Waals surface area contributed by atoms with E-state index < -0.39 is 0 Å². The van der Waals surface area contributed by atoms with Crippen LogP contribution in [-0.2, 0) is 6.54 Å². The molecule has 1 aromatic rings. The summed E-state index contributed by atoms with van der Waals surface area (Å²) in [4.78, 5) is 9.11. The third-order valence-corrected chi connectivity index (χ3v) is 3.55. The van der Waals surface area contributed by atoms with Crippen LogP contribution in [0.2, 0.25) is 0 Å². The third-order valence-electron chi connectivity index (χ3n) is 3.55. The van der Waals surface area contributed by atoms with Gasteiger partial charge in [-0.25, -0.2) is 4.99 Å². The molecule has 1 aromatic heterocycles. The maximum Gasteiger partial charge on any atom is 0.191 e. The van der Waals surface area contributed by atoms with Gasteiger partial charge in [0.15, 0.2) is 5.96 Å². The Labute approximate surface area is 157 Å². The van der Waals surface area contributed by atoms with Crippen molar-refractivity contribution >= 4 is 29.9 Å². The lowest BCUT2D eigenvalue weighted by Gasteiger charge is -2.13. The van der Waals surface area contributed by atoms with E-state index in [1.54, 1.807) is 7.11 Å². The second-order valence-corrected chi connectivity index (χ2v) is 5.38. The Balaban J connectivity index is 0.00000484. The minimum atomic E-state index is 0. The topological polar surface area (TPSA) is 58.5 Å². The van der Waals surface area contributed by atoms with Crippen molar-refractivity contribution in [2.75, 3.05) is 20.2 Å². The average Bonchev–Trinajstić information content (AvgIpc) is 2.51. The van der Waals surface area contributed by atoms with Gasteiger partial charge in [-0.15, -0.1) is 24.0 Å². The molecule has 0 aliphatic rings. The molecule has 0 saturated heterocycles. The van der Waals surface area contributed by atoms with E-state index in [0.29, 0.717) is 6.54 Å². The highest BCUT2D eigenvalue weighted by Gasteiger charge is 2.09. The van der Waals surface area contributed by atoms with Crippen LogP contribution in [0.25, 0.3) is 0 Å². The van der Waals surface area contributed by atoms with Crippen molar-refractivity contribution in [1.82, 2.24) is 15.6 Å². The monoisotopic (exact) mass is 434 g/mol. The van der Waals surface area contributed by atoms with E-state index in [4.69, 9.17) is 4.74 Å². The maximum absolute atomic E-state index is 5.44. The number of pyridine rings is 1. The number of hydrogen-bond acceptors (Lipinski definition) is 3. The molecule has 0 unspecified atom stereocenters. The van der Waals surface area contributed by atoms with Crippen molar-refractivity contribution in [2.24, 2.45) is 4.99 Å². The second-order valence-electron chi connectivity index (χ2n) is 5.38. The normalized spacial score (nSPS) is 10.9. The number of nitrogens with one attached hydrogen (secondary N) is 2. The first-order chi connectivity index (χ1) is 10.6. The van der Waals surface area contributed by atoms with Crippen molar-refractivity contribution < 1.29 is 4.74 Å². The molecule has 0 aliphatic carbocycles. The molecular formula is C17H31IN4O. The van der Waals surface area contributed by atoms with Crippen LogP contribution < -0.4 is 15.4 Å². The molecule has 0 aliphatic heterocycles. The van der Waals surface area contributed by atoms with Crippen LogP contribution in [0.15, 0.2) is 11.2 Å². The summed E-state index contributed by atoms with van der Waals surface area (Å²) < 4.78 is 5.44. The smallest absolute Gasteiger partial charge is 0.191 e. The number of aromatic nitrogens is 1. The zero-order chi connectivity index (χ0) is 16.4. The Kier molecular flexibility index (Phi) is 11.8. The molecule has 0 bridgehead atoms. The Morgan fingerprint density at radius 1 is 1.22 bits per heavy atom. The Morgan fingerprint density at radius 3 is 2.57 bits per heavy atom. The lowest BCUT2D eigenvalue weighted by molar-refractivity contribution is 0.407. The fourth-order valence-corrected chi connectivity index (χ4v) is 2.31. The number of aryl methyl sites for hydroxylation is 1. The van der Waals surface area contributed by atoms with Gasteiger partial charge >= 0.3 is 0 Å². The number of ether oxygens (including phenoxy) is 1. The van der Waals surface area contributed by atoms with Crippen molar-refractivity contribution in [3.63, 3.8) is 0 Å². The maximum atomic E-state index is 5.44. The van der Waals surface area contributed by atoms with Gasteiger partial charge in [-0.1, -0.05) is 19.8 Å². The van der Waals surface area contributed by atoms with Gasteiger partial charge in [-0.05, 0) is 27.2 Å². The molecule has 0 saturated carbocycles. The van der Waals surface area contributed by atoms with Crippen molar-refractivity contribution in [3.8, 4) is 5.75 Å². The van der Waals surface area contributed by atoms with Crippen LogP contribution in [0.3, 0.4) is 0 Å². The lowest BCUT2D eigenvalue weighted by Crippen LogP contribution is -2.37. The van der Waals surface area contributed by atoms with Crippen LogP contribution in [0.1, 0.15) is 49.9 Å². The predicted molar refractivity (Wildman–Crippen MR) is 108 cm³/mol. The van der Waals surface area contributed by atoms with Gasteiger partial charge in [0.1, 0.15) is 5.75 Å². The van der Waals surface area contributed by atoms with Gasteiger partial charge in [-0.3, -0.25) is 4.98 Å². The third kappa shape index (κ3) is 7.37. The molecule has 0 fully saturated rings. The van der Waals surface area contributed by atoms with Gasteiger partial charge in [0, 0.05) is 30.4 Å². The number of methoxy groups -OCH3 is 1. The number of guanidine groups is 1. The zero-order valence-electron chi connectivity index (χ0n) is 15.0. The molecular weight excluding hydrogens is 403 g/mol. The van der Waals surface area contributed by atoms with Gasteiger partial charge in [0.2, 0.25) is 0 Å². The molecule has 1 rings (SSSR count). The Hall–Kier alpha value is -1.05. The SMILES string of the molecule is CCCCCNC(=NCc1ncc(C)c(OC)c1C)NCC.I. The molecule has 1 heterocycles. The molecule has 0 radical (unpaired) electrons. The molecule has 5 nitrogen and oxygen atoms in total. The van der Waals surface area contributed by atoms with E-state index in [9.17, 15) is 0 Å². The summed E-state index contributed by atoms with van der Waals surface area (Å²) in [5.41, 5.74) is 3.07. The Bertz CT molecular complexity index is 492. The van der Waals surface area contributed by atoms with Crippen molar-refractivity contribution in [1.29, 1.82) is 0 Å².